The second-order valence-corrected chi connectivity index (χ2v) is 5.31. The van der Waals surface area contributed by atoms with Crippen LogP contribution < -0.4 is 10.6 Å². The summed E-state index contributed by atoms with van der Waals surface area (Å²) in [4.78, 5) is 23.6. The van der Waals surface area contributed by atoms with Crippen molar-refractivity contribution >= 4 is 17.7 Å². The molecule has 0 fully saturated rings. The molecule has 1 amide bonds. The fourth-order valence-corrected chi connectivity index (χ4v) is 1.88. The first-order valence-corrected chi connectivity index (χ1v) is 7.00. The van der Waals surface area contributed by atoms with Crippen LogP contribution in [0.5, 0.6) is 0 Å². The van der Waals surface area contributed by atoms with Gasteiger partial charge in [-0.1, -0.05) is 12.1 Å². The van der Waals surface area contributed by atoms with Gasteiger partial charge in [0.1, 0.15) is 0 Å². The molecule has 1 aromatic carbocycles. The number of nitrogens with one attached hydrogen (secondary N) is 2. The zero-order valence-electron chi connectivity index (χ0n) is 13.7. The van der Waals surface area contributed by atoms with Crippen molar-refractivity contribution in [2.75, 3.05) is 12.4 Å². The third-order valence-electron chi connectivity index (χ3n) is 2.90. The highest BCUT2D eigenvalue weighted by Gasteiger charge is 2.64. The molecule has 1 aromatic rings. The Labute approximate surface area is 137 Å². The number of ether oxygens (including phenoxy) is 2. The van der Waals surface area contributed by atoms with Gasteiger partial charge >= 0.3 is 23.9 Å². The van der Waals surface area contributed by atoms with Crippen LogP contribution in [0.3, 0.4) is 0 Å². The fourth-order valence-electron chi connectivity index (χ4n) is 1.88. The van der Waals surface area contributed by atoms with Crippen molar-refractivity contribution in [1.29, 1.82) is 0 Å². The van der Waals surface area contributed by atoms with Crippen molar-refractivity contribution in [3.05, 3.63) is 29.8 Å². The van der Waals surface area contributed by atoms with Crippen molar-refractivity contribution < 1.29 is 32.2 Å². The van der Waals surface area contributed by atoms with E-state index in [2.05, 4.69) is 9.47 Å². The van der Waals surface area contributed by atoms with Gasteiger partial charge in [0.15, 0.2) is 0 Å². The Hall–Kier alpha value is -2.45. The second-order valence-electron chi connectivity index (χ2n) is 5.31. The Morgan fingerprint density at radius 2 is 1.83 bits per heavy atom. The molecule has 24 heavy (non-hydrogen) atoms. The topological polar surface area (TPSA) is 76.7 Å². The molecule has 0 saturated carbocycles. The molecule has 0 aliphatic rings. The summed E-state index contributed by atoms with van der Waals surface area (Å²) >= 11 is 0. The van der Waals surface area contributed by atoms with Crippen molar-refractivity contribution in [2.45, 2.75) is 38.7 Å². The monoisotopic (exact) mass is 348 g/mol. The van der Waals surface area contributed by atoms with Gasteiger partial charge in [0.25, 0.3) is 0 Å². The van der Waals surface area contributed by atoms with Crippen molar-refractivity contribution in [3.8, 4) is 0 Å². The highest BCUT2D eigenvalue weighted by molar-refractivity contribution is 5.89. The van der Waals surface area contributed by atoms with E-state index in [1.807, 2.05) is 5.32 Å². The predicted octanol–water partition coefficient (Wildman–Crippen LogP) is 2.97. The molecule has 1 atom stereocenters. The largest absolute Gasteiger partial charge is 0.466 e. The van der Waals surface area contributed by atoms with E-state index in [1.165, 1.54) is 32.0 Å². The van der Waals surface area contributed by atoms with Crippen molar-refractivity contribution in [3.63, 3.8) is 0 Å². The lowest BCUT2D eigenvalue weighted by molar-refractivity contribution is -0.204. The lowest BCUT2D eigenvalue weighted by atomic mass is 10.1. The first-order valence-electron chi connectivity index (χ1n) is 7.00. The average molecular weight is 348 g/mol. The number of esters is 1. The number of halogens is 3. The quantitative estimate of drug-likeness (QED) is 0.632. The number of anilines is 1. The number of benzene rings is 1. The minimum Gasteiger partial charge on any atom is -0.466 e. The Bertz CT molecular complexity index is 605. The fraction of sp³-hybridized carbons (Fsp3) is 0.467. The Balaban J connectivity index is 3.31. The third-order valence-corrected chi connectivity index (χ3v) is 2.90. The number of hydrogen-bond acceptors (Lipinski definition) is 5. The average Bonchev–Trinajstić information content (AvgIpc) is 2.43. The number of hydrogen-bond donors (Lipinski definition) is 2. The van der Waals surface area contributed by atoms with Gasteiger partial charge in [-0.15, -0.1) is 0 Å². The molecule has 2 N–H and O–H groups in total. The van der Waals surface area contributed by atoms with Crippen LogP contribution in [0.4, 0.5) is 23.7 Å². The minimum atomic E-state index is -5.19. The molecule has 0 bridgehead atoms. The maximum Gasteiger partial charge on any atom is 0.442 e. The standard InChI is InChI=1S/C15H19F3N2O4/c1-9(2)24-13(22)20-14(12(21)23-4,15(16,17)18)19-11-7-5-6-10(3)8-11/h5-9,19H,1-4H3,(H,20,22). The van der Waals surface area contributed by atoms with Gasteiger partial charge < -0.3 is 14.8 Å². The summed E-state index contributed by atoms with van der Waals surface area (Å²) in [5, 5.41) is 3.57. The van der Waals surface area contributed by atoms with Gasteiger partial charge in [0, 0.05) is 5.69 Å². The molecule has 0 radical (unpaired) electrons. The van der Waals surface area contributed by atoms with Gasteiger partial charge in [-0.3, -0.25) is 5.32 Å². The molecule has 0 saturated heterocycles. The summed E-state index contributed by atoms with van der Waals surface area (Å²) in [6, 6.07) is 5.88. The number of rotatable bonds is 5. The van der Waals surface area contributed by atoms with Crippen LogP contribution in [0.15, 0.2) is 24.3 Å². The third kappa shape index (κ3) is 4.53. The number of amides is 1. The van der Waals surface area contributed by atoms with Crippen molar-refractivity contribution in [2.24, 2.45) is 0 Å². The summed E-state index contributed by atoms with van der Waals surface area (Å²) in [6.07, 6.45) is -7.28. The molecular weight excluding hydrogens is 329 g/mol. The Morgan fingerprint density at radius 3 is 2.29 bits per heavy atom. The molecule has 1 unspecified atom stereocenters. The van der Waals surface area contributed by atoms with Gasteiger partial charge in [-0.2, -0.15) is 13.2 Å². The molecule has 9 heteroatoms. The van der Waals surface area contributed by atoms with Crippen LogP contribution in [0.25, 0.3) is 0 Å². The van der Waals surface area contributed by atoms with Crippen LogP contribution in [0, 0.1) is 6.92 Å². The number of alkyl carbamates (subject to hydrolysis) is 1. The van der Waals surface area contributed by atoms with Crippen LogP contribution in [-0.4, -0.2) is 37.1 Å². The van der Waals surface area contributed by atoms with E-state index in [1.54, 1.807) is 18.3 Å². The zero-order valence-corrected chi connectivity index (χ0v) is 13.7. The van der Waals surface area contributed by atoms with Crippen LogP contribution in [0.1, 0.15) is 19.4 Å². The number of aryl methyl sites for hydroxylation is 1. The van der Waals surface area contributed by atoms with E-state index in [4.69, 9.17) is 0 Å². The van der Waals surface area contributed by atoms with E-state index in [-0.39, 0.29) is 5.69 Å². The zero-order chi connectivity index (χ0) is 18.5. The van der Waals surface area contributed by atoms with Gasteiger partial charge in [0.2, 0.25) is 0 Å². The molecule has 0 aliphatic carbocycles. The summed E-state index contributed by atoms with van der Waals surface area (Å²) in [5.74, 6) is -1.72. The Kier molecular flexibility index (Phi) is 6.05. The minimum absolute atomic E-state index is 0.0254. The highest BCUT2D eigenvalue weighted by atomic mass is 19.4. The van der Waals surface area contributed by atoms with E-state index >= 15 is 0 Å². The van der Waals surface area contributed by atoms with Crippen LogP contribution in [-0.2, 0) is 14.3 Å². The summed E-state index contributed by atoms with van der Waals surface area (Å²) in [5.41, 5.74) is -2.85. The maximum atomic E-state index is 13.7. The Morgan fingerprint density at radius 1 is 1.21 bits per heavy atom. The summed E-state index contributed by atoms with van der Waals surface area (Å²) in [7, 11) is 0.788. The smallest absolute Gasteiger partial charge is 0.442 e. The van der Waals surface area contributed by atoms with Gasteiger partial charge in [0.05, 0.1) is 13.2 Å². The van der Waals surface area contributed by atoms with Crippen LogP contribution >= 0.6 is 0 Å². The molecule has 0 aromatic heterocycles. The van der Waals surface area contributed by atoms with Crippen molar-refractivity contribution in [1.82, 2.24) is 5.32 Å². The molecule has 0 heterocycles. The molecule has 6 nitrogen and oxygen atoms in total. The number of alkyl halides is 3. The lowest BCUT2D eigenvalue weighted by Crippen LogP contribution is -2.69. The van der Waals surface area contributed by atoms with E-state index in [0.29, 0.717) is 5.56 Å². The molecule has 134 valence electrons. The number of carbonyl (C=O) groups is 2. The molecule has 0 aliphatic heterocycles. The van der Waals surface area contributed by atoms with E-state index in [9.17, 15) is 22.8 Å². The van der Waals surface area contributed by atoms with Gasteiger partial charge in [-0.25, -0.2) is 9.59 Å². The number of methoxy groups -OCH3 is 1. The van der Waals surface area contributed by atoms with E-state index in [0.717, 1.165) is 7.11 Å². The predicted molar refractivity (Wildman–Crippen MR) is 80.4 cm³/mol. The SMILES string of the molecule is COC(=O)C(NC(=O)OC(C)C)(Nc1cccc(C)c1)C(F)(F)F. The summed E-state index contributed by atoms with van der Waals surface area (Å²) < 4.78 is 49.9. The lowest BCUT2D eigenvalue weighted by Gasteiger charge is -2.34. The highest BCUT2D eigenvalue weighted by Crippen LogP contribution is 2.33. The maximum absolute atomic E-state index is 13.7. The molecule has 0 spiro atoms. The second kappa shape index (κ2) is 7.41. The summed E-state index contributed by atoms with van der Waals surface area (Å²) in [6.45, 7) is 4.58. The molecule has 1 rings (SSSR count). The number of carbonyl (C=O) groups excluding carboxylic acids is 2. The van der Waals surface area contributed by atoms with E-state index < -0.39 is 30.0 Å². The molecular formula is C15H19F3N2O4. The van der Waals surface area contributed by atoms with Crippen LogP contribution in [0.2, 0.25) is 0 Å². The first kappa shape index (κ1) is 19.6. The first-order chi connectivity index (χ1) is 11.0. The van der Waals surface area contributed by atoms with Gasteiger partial charge in [-0.05, 0) is 38.5 Å². The normalized spacial score (nSPS) is 13.8.